The third-order valence-electron chi connectivity index (χ3n) is 1.90. The number of hydrogen-bond donors (Lipinski definition) is 1. The van der Waals surface area contributed by atoms with Crippen LogP contribution in [0, 0.1) is 5.41 Å². The van der Waals surface area contributed by atoms with Crippen molar-refractivity contribution in [2.75, 3.05) is 12.4 Å². The molecule has 0 spiro atoms. The lowest BCUT2D eigenvalue weighted by Crippen LogP contribution is -2.35. The van der Waals surface area contributed by atoms with Crippen molar-refractivity contribution in [1.82, 2.24) is 5.32 Å². The maximum atomic E-state index is 5.78. The van der Waals surface area contributed by atoms with Gasteiger partial charge in [-0.25, -0.2) is 0 Å². The van der Waals surface area contributed by atoms with Gasteiger partial charge in [0.15, 0.2) is 0 Å². The molecule has 0 aliphatic rings. The molecule has 0 radical (unpaired) electrons. The Labute approximate surface area is 75.5 Å². The summed E-state index contributed by atoms with van der Waals surface area (Å²) in [6.07, 6.45) is 1.18. The third-order valence-corrected chi connectivity index (χ3v) is 2.63. The van der Waals surface area contributed by atoms with Crippen LogP contribution in [0.2, 0.25) is 0 Å². The van der Waals surface area contributed by atoms with E-state index in [1.54, 1.807) is 0 Å². The Balaban J connectivity index is 3.52. The molecule has 1 unspecified atom stereocenters. The second-order valence-corrected chi connectivity index (χ2v) is 4.26. The first-order chi connectivity index (χ1) is 5.02. The molecule has 0 bridgehead atoms. The second kappa shape index (κ2) is 5.00. The fraction of sp³-hybridized carbons (Fsp3) is 1.00. The molecular weight excluding hydrogens is 158 g/mol. The molecule has 0 aromatic rings. The largest absolute Gasteiger partial charge is 0.314 e. The molecule has 1 N–H and O–H groups in total. The van der Waals surface area contributed by atoms with Crippen LogP contribution < -0.4 is 5.32 Å². The maximum Gasteiger partial charge on any atom is 0.0286 e. The average molecular weight is 178 g/mol. The standard InChI is InChI=1S/C9H20ClN/c1-5-8(2)11-7-9(3,4)6-10/h8,11H,5-7H2,1-4H3. The summed E-state index contributed by atoms with van der Waals surface area (Å²) in [4.78, 5) is 0. The normalized spacial score (nSPS) is 15.0. The number of alkyl halides is 1. The summed E-state index contributed by atoms with van der Waals surface area (Å²) in [6.45, 7) is 9.74. The van der Waals surface area contributed by atoms with Gasteiger partial charge in [-0.15, -0.1) is 11.6 Å². The van der Waals surface area contributed by atoms with Crippen LogP contribution in [-0.4, -0.2) is 18.5 Å². The van der Waals surface area contributed by atoms with Crippen molar-refractivity contribution in [2.45, 2.75) is 40.2 Å². The van der Waals surface area contributed by atoms with Gasteiger partial charge in [-0.3, -0.25) is 0 Å². The zero-order chi connectivity index (χ0) is 8.91. The van der Waals surface area contributed by atoms with E-state index in [2.05, 4.69) is 33.0 Å². The van der Waals surface area contributed by atoms with Crippen LogP contribution in [0.25, 0.3) is 0 Å². The summed E-state index contributed by atoms with van der Waals surface area (Å²) in [6, 6.07) is 0.609. The molecule has 0 aliphatic carbocycles. The van der Waals surface area contributed by atoms with E-state index in [0.29, 0.717) is 6.04 Å². The molecular formula is C9H20ClN. The first-order valence-corrected chi connectivity index (χ1v) is 4.84. The van der Waals surface area contributed by atoms with Crippen LogP contribution in [-0.2, 0) is 0 Å². The average Bonchev–Trinajstić information content (AvgIpc) is 2.00. The van der Waals surface area contributed by atoms with Crippen molar-refractivity contribution in [3.8, 4) is 0 Å². The fourth-order valence-electron chi connectivity index (χ4n) is 0.642. The topological polar surface area (TPSA) is 12.0 Å². The van der Waals surface area contributed by atoms with E-state index in [0.717, 1.165) is 12.4 Å². The molecule has 0 aromatic heterocycles. The maximum absolute atomic E-state index is 5.78. The Morgan fingerprint density at radius 3 is 2.36 bits per heavy atom. The molecule has 0 saturated carbocycles. The van der Waals surface area contributed by atoms with E-state index in [9.17, 15) is 0 Å². The minimum atomic E-state index is 0.227. The number of hydrogen-bond acceptors (Lipinski definition) is 1. The van der Waals surface area contributed by atoms with Crippen molar-refractivity contribution in [3.63, 3.8) is 0 Å². The van der Waals surface area contributed by atoms with Crippen LogP contribution >= 0.6 is 11.6 Å². The summed E-state index contributed by atoms with van der Waals surface area (Å²) >= 11 is 5.78. The lowest BCUT2D eigenvalue weighted by atomic mass is 9.96. The molecule has 0 aromatic carbocycles. The Morgan fingerprint density at radius 2 is 2.00 bits per heavy atom. The summed E-state index contributed by atoms with van der Waals surface area (Å²) in [5.74, 6) is 0.719. The number of halogens is 1. The van der Waals surface area contributed by atoms with Gasteiger partial charge >= 0.3 is 0 Å². The van der Waals surface area contributed by atoms with Gasteiger partial charge in [-0.1, -0.05) is 20.8 Å². The molecule has 0 fully saturated rings. The zero-order valence-corrected chi connectivity index (χ0v) is 8.83. The summed E-state index contributed by atoms with van der Waals surface area (Å²) < 4.78 is 0. The van der Waals surface area contributed by atoms with Crippen LogP contribution in [0.15, 0.2) is 0 Å². The van der Waals surface area contributed by atoms with Gasteiger partial charge in [0.1, 0.15) is 0 Å². The smallest absolute Gasteiger partial charge is 0.0286 e. The minimum absolute atomic E-state index is 0.227. The molecule has 0 aliphatic heterocycles. The molecule has 0 rings (SSSR count). The van der Waals surface area contributed by atoms with Gasteiger partial charge in [0.25, 0.3) is 0 Å². The van der Waals surface area contributed by atoms with E-state index in [1.165, 1.54) is 6.42 Å². The monoisotopic (exact) mass is 177 g/mol. The lowest BCUT2D eigenvalue weighted by molar-refractivity contribution is 0.359. The lowest BCUT2D eigenvalue weighted by Gasteiger charge is -2.24. The van der Waals surface area contributed by atoms with Crippen molar-refractivity contribution in [1.29, 1.82) is 0 Å². The van der Waals surface area contributed by atoms with Crippen molar-refractivity contribution < 1.29 is 0 Å². The van der Waals surface area contributed by atoms with Crippen LogP contribution in [0.4, 0.5) is 0 Å². The van der Waals surface area contributed by atoms with Gasteiger partial charge in [0, 0.05) is 18.5 Å². The van der Waals surface area contributed by atoms with Gasteiger partial charge < -0.3 is 5.32 Å². The van der Waals surface area contributed by atoms with Crippen molar-refractivity contribution in [3.05, 3.63) is 0 Å². The predicted molar refractivity (Wildman–Crippen MR) is 52.3 cm³/mol. The predicted octanol–water partition coefficient (Wildman–Crippen LogP) is 2.64. The van der Waals surface area contributed by atoms with Crippen LogP contribution in [0.1, 0.15) is 34.1 Å². The number of rotatable bonds is 5. The van der Waals surface area contributed by atoms with Gasteiger partial charge in [0.05, 0.1) is 0 Å². The van der Waals surface area contributed by atoms with Gasteiger partial charge in [-0.2, -0.15) is 0 Å². The first kappa shape index (κ1) is 11.2. The third kappa shape index (κ3) is 5.51. The van der Waals surface area contributed by atoms with Gasteiger partial charge in [-0.05, 0) is 18.8 Å². The highest BCUT2D eigenvalue weighted by Gasteiger charge is 2.16. The fourth-order valence-corrected chi connectivity index (χ4v) is 0.737. The van der Waals surface area contributed by atoms with E-state index in [-0.39, 0.29) is 5.41 Å². The van der Waals surface area contributed by atoms with E-state index in [4.69, 9.17) is 11.6 Å². The van der Waals surface area contributed by atoms with E-state index in [1.807, 2.05) is 0 Å². The molecule has 1 atom stereocenters. The number of nitrogens with one attached hydrogen (secondary N) is 1. The molecule has 11 heavy (non-hydrogen) atoms. The highest BCUT2D eigenvalue weighted by atomic mass is 35.5. The quantitative estimate of drug-likeness (QED) is 0.637. The van der Waals surface area contributed by atoms with Gasteiger partial charge in [0.2, 0.25) is 0 Å². The Hall–Kier alpha value is 0.250. The Bertz CT molecular complexity index is 102. The molecule has 0 heterocycles. The molecule has 0 saturated heterocycles. The van der Waals surface area contributed by atoms with Crippen LogP contribution in [0.3, 0.4) is 0 Å². The minimum Gasteiger partial charge on any atom is -0.314 e. The highest BCUT2D eigenvalue weighted by molar-refractivity contribution is 6.18. The van der Waals surface area contributed by atoms with E-state index < -0.39 is 0 Å². The van der Waals surface area contributed by atoms with Crippen molar-refractivity contribution >= 4 is 11.6 Å². The zero-order valence-electron chi connectivity index (χ0n) is 8.08. The summed E-state index contributed by atoms with van der Waals surface area (Å²) in [7, 11) is 0. The van der Waals surface area contributed by atoms with Crippen LogP contribution in [0.5, 0.6) is 0 Å². The first-order valence-electron chi connectivity index (χ1n) is 4.31. The SMILES string of the molecule is CCC(C)NCC(C)(C)CCl. The second-order valence-electron chi connectivity index (χ2n) is 3.99. The Kier molecular flexibility index (Phi) is 5.11. The summed E-state index contributed by atoms with van der Waals surface area (Å²) in [5.41, 5.74) is 0.227. The molecule has 2 heteroatoms. The molecule has 1 nitrogen and oxygen atoms in total. The highest BCUT2D eigenvalue weighted by Crippen LogP contribution is 2.15. The Morgan fingerprint density at radius 1 is 1.45 bits per heavy atom. The van der Waals surface area contributed by atoms with Crippen molar-refractivity contribution in [2.24, 2.45) is 5.41 Å². The summed E-state index contributed by atoms with van der Waals surface area (Å²) in [5, 5.41) is 3.44. The molecule has 0 amide bonds. The van der Waals surface area contributed by atoms with E-state index >= 15 is 0 Å². The molecule has 68 valence electrons.